The van der Waals surface area contributed by atoms with Crippen molar-refractivity contribution in [3.63, 3.8) is 0 Å². The average Bonchev–Trinajstić information content (AvgIpc) is 3.01. The van der Waals surface area contributed by atoms with Crippen LogP contribution >= 0.6 is 0 Å². The maximum absolute atomic E-state index is 12.4. The van der Waals surface area contributed by atoms with Gasteiger partial charge >= 0.3 is 6.03 Å². The van der Waals surface area contributed by atoms with Gasteiger partial charge in [0.2, 0.25) is 5.91 Å². The topological polar surface area (TPSA) is 92.4 Å². The SMILES string of the molecule is COc1ccc(N2C[C@@H](NC(=O)NN3CCOCC3)CC2=O)cc1OC. The van der Waals surface area contributed by atoms with Gasteiger partial charge in [-0.3, -0.25) is 10.2 Å². The highest BCUT2D eigenvalue weighted by atomic mass is 16.5. The molecule has 3 rings (SSSR count). The first-order valence-electron chi connectivity index (χ1n) is 8.53. The third-order valence-electron chi connectivity index (χ3n) is 4.41. The van der Waals surface area contributed by atoms with E-state index in [4.69, 9.17) is 14.2 Å². The number of urea groups is 1. The number of methoxy groups -OCH3 is 2. The van der Waals surface area contributed by atoms with Gasteiger partial charge in [0.25, 0.3) is 0 Å². The van der Waals surface area contributed by atoms with Gasteiger partial charge < -0.3 is 24.4 Å². The Morgan fingerprint density at radius 3 is 2.62 bits per heavy atom. The fourth-order valence-corrected chi connectivity index (χ4v) is 3.08. The number of ether oxygens (including phenoxy) is 3. The zero-order chi connectivity index (χ0) is 18.5. The average molecular weight is 364 g/mol. The molecule has 2 N–H and O–H groups in total. The van der Waals surface area contributed by atoms with Crippen LogP contribution in [0.3, 0.4) is 0 Å². The van der Waals surface area contributed by atoms with Crippen LogP contribution in [0.4, 0.5) is 10.5 Å². The Hall–Kier alpha value is -2.52. The summed E-state index contributed by atoms with van der Waals surface area (Å²) in [6.07, 6.45) is 0.255. The number of carbonyl (C=O) groups is 2. The third-order valence-corrected chi connectivity index (χ3v) is 4.41. The quantitative estimate of drug-likeness (QED) is 0.784. The van der Waals surface area contributed by atoms with E-state index in [0.29, 0.717) is 50.0 Å². The summed E-state index contributed by atoms with van der Waals surface area (Å²) >= 11 is 0. The molecule has 0 saturated carbocycles. The molecule has 0 radical (unpaired) electrons. The molecule has 3 amide bonds. The standard InChI is InChI=1S/C17H24N4O5/c1-24-14-4-3-13(10-15(14)25-2)21-11-12(9-16(21)22)18-17(23)19-20-5-7-26-8-6-20/h3-4,10,12H,5-9,11H2,1-2H3,(H2,18,19,23)/t12-/m0/s1. The lowest BCUT2D eigenvalue weighted by atomic mass is 10.2. The maximum atomic E-state index is 12.4. The van der Waals surface area contributed by atoms with E-state index < -0.39 is 0 Å². The molecule has 142 valence electrons. The van der Waals surface area contributed by atoms with E-state index in [0.717, 1.165) is 0 Å². The largest absolute Gasteiger partial charge is 0.493 e. The second kappa shape index (κ2) is 8.24. The molecule has 2 aliphatic heterocycles. The van der Waals surface area contributed by atoms with Crippen molar-refractivity contribution in [2.45, 2.75) is 12.5 Å². The molecule has 1 aromatic carbocycles. The molecular weight excluding hydrogens is 340 g/mol. The van der Waals surface area contributed by atoms with E-state index >= 15 is 0 Å². The summed E-state index contributed by atoms with van der Waals surface area (Å²) in [4.78, 5) is 26.1. The predicted molar refractivity (Wildman–Crippen MR) is 94.4 cm³/mol. The number of hydrogen-bond acceptors (Lipinski definition) is 6. The molecule has 1 atom stereocenters. The molecule has 26 heavy (non-hydrogen) atoms. The summed E-state index contributed by atoms with van der Waals surface area (Å²) in [5, 5.41) is 4.66. The number of amides is 3. The Balaban J connectivity index is 1.58. The van der Waals surface area contributed by atoms with Crippen LogP contribution in [0.5, 0.6) is 11.5 Å². The zero-order valence-corrected chi connectivity index (χ0v) is 15.0. The molecule has 0 unspecified atom stereocenters. The van der Waals surface area contributed by atoms with Gasteiger partial charge in [0.15, 0.2) is 11.5 Å². The minimum absolute atomic E-state index is 0.0473. The van der Waals surface area contributed by atoms with E-state index in [1.165, 1.54) is 0 Å². The lowest BCUT2D eigenvalue weighted by Gasteiger charge is -2.27. The van der Waals surface area contributed by atoms with Crippen LogP contribution in [-0.4, -0.2) is 70.1 Å². The van der Waals surface area contributed by atoms with E-state index in [9.17, 15) is 9.59 Å². The number of carbonyl (C=O) groups excluding carboxylic acids is 2. The van der Waals surface area contributed by atoms with E-state index in [1.54, 1.807) is 37.3 Å². The number of nitrogens with one attached hydrogen (secondary N) is 2. The van der Waals surface area contributed by atoms with E-state index in [2.05, 4.69) is 10.7 Å². The lowest BCUT2D eigenvalue weighted by molar-refractivity contribution is -0.117. The van der Waals surface area contributed by atoms with E-state index in [-0.39, 0.29) is 24.4 Å². The molecule has 0 spiro atoms. The van der Waals surface area contributed by atoms with Crippen LogP contribution in [0, 0.1) is 0 Å². The van der Waals surface area contributed by atoms with Crippen LogP contribution in [0.15, 0.2) is 18.2 Å². The zero-order valence-electron chi connectivity index (χ0n) is 15.0. The van der Waals surface area contributed by atoms with Gasteiger partial charge in [-0.25, -0.2) is 9.80 Å². The molecule has 2 fully saturated rings. The van der Waals surface area contributed by atoms with Gasteiger partial charge in [0.05, 0.1) is 33.5 Å². The number of hydrogen-bond donors (Lipinski definition) is 2. The second-order valence-corrected chi connectivity index (χ2v) is 6.13. The second-order valence-electron chi connectivity index (χ2n) is 6.13. The first-order valence-corrected chi connectivity index (χ1v) is 8.53. The van der Waals surface area contributed by atoms with E-state index in [1.807, 2.05) is 5.01 Å². The predicted octanol–water partition coefficient (Wildman–Crippen LogP) is 0.356. The fraction of sp³-hybridized carbons (Fsp3) is 0.529. The van der Waals surface area contributed by atoms with Crippen molar-refractivity contribution in [1.29, 1.82) is 0 Å². The van der Waals surface area contributed by atoms with Crippen molar-refractivity contribution >= 4 is 17.6 Å². The molecule has 2 aliphatic rings. The van der Waals surface area contributed by atoms with Crippen LogP contribution < -0.4 is 25.1 Å². The van der Waals surface area contributed by atoms with Gasteiger partial charge in [-0.2, -0.15) is 0 Å². The summed E-state index contributed by atoms with van der Waals surface area (Å²) in [6.45, 7) is 2.89. The first-order chi connectivity index (χ1) is 12.6. The lowest BCUT2D eigenvalue weighted by Crippen LogP contribution is -2.53. The molecular formula is C17H24N4O5. The highest BCUT2D eigenvalue weighted by molar-refractivity contribution is 5.97. The van der Waals surface area contributed by atoms with Crippen molar-refractivity contribution in [2.24, 2.45) is 0 Å². The van der Waals surface area contributed by atoms with Gasteiger partial charge in [-0.15, -0.1) is 0 Å². The molecule has 0 bridgehead atoms. The smallest absolute Gasteiger partial charge is 0.329 e. The highest BCUT2D eigenvalue weighted by Gasteiger charge is 2.32. The van der Waals surface area contributed by atoms with Crippen molar-refractivity contribution in [2.75, 3.05) is 52.0 Å². The maximum Gasteiger partial charge on any atom is 0.329 e. The summed E-state index contributed by atoms with van der Waals surface area (Å²) in [5.41, 5.74) is 3.50. The summed E-state index contributed by atoms with van der Waals surface area (Å²) < 4.78 is 15.8. The van der Waals surface area contributed by atoms with Crippen molar-refractivity contribution in [3.05, 3.63) is 18.2 Å². The summed E-state index contributed by atoms with van der Waals surface area (Å²) in [6, 6.07) is 4.76. The highest BCUT2D eigenvalue weighted by Crippen LogP contribution is 2.33. The minimum Gasteiger partial charge on any atom is -0.493 e. The number of rotatable bonds is 5. The Kier molecular flexibility index (Phi) is 5.79. The van der Waals surface area contributed by atoms with Crippen molar-refractivity contribution in [3.8, 4) is 11.5 Å². The molecule has 2 heterocycles. The molecule has 0 aromatic heterocycles. The summed E-state index contributed by atoms with van der Waals surface area (Å²) in [5.74, 6) is 1.11. The van der Waals surface area contributed by atoms with Crippen LogP contribution in [0.2, 0.25) is 0 Å². The van der Waals surface area contributed by atoms with Gasteiger partial charge in [0, 0.05) is 37.8 Å². The normalized spacial score (nSPS) is 20.8. The van der Waals surface area contributed by atoms with Crippen LogP contribution in [0.25, 0.3) is 0 Å². The number of hydrazine groups is 1. The molecule has 9 nitrogen and oxygen atoms in total. The van der Waals surface area contributed by atoms with Crippen LogP contribution in [-0.2, 0) is 9.53 Å². The summed E-state index contributed by atoms with van der Waals surface area (Å²) in [7, 11) is 3.11. The Bertz CT molecular complexity index is 663. The van der Waals surface area contributed by atoms with Gasteiger partial charge in [0.1, 0.15) is 0 Å². The van der Waals surface area contributed by atoms with Gasteiger partial charge in [-0.1, -0.05) is 0 Å². The number of morpholine rings is 1. The molecule has 2 saturated heterocycles. The fourth-order valence-electron chi connectivity index (χ4n) is 3.08. The Morgan fingerprint density at radius 2 is 1.92 bits per heavy atom. The number of benzene rings is 1. The molecule has 1 aromatic rings. The Morgan fingerprint density at radius 1 is 1.19 bits per heavy atom. The number of anilines is 1. The Labute approximate surface area is 152 Å². The molecule has 0 aliphatic carbocycles. The molecule has 9 heteroatoms. The first kappa shape index (κ1) is 18.3. The monoisotopic (exact) mass is 364 g/mol. The van der Waals surface area contributed by atoms with Crippen LogP contribution in [0.1, 0.15) is 6.42 Å². The van der Waals surface area contributed by atoms with Crippen molar-refractivity contribution in [1.82, 2.24) is 15.8 Å². The van der Waals surface area contributed by atoms with Crippen molar-refractivity contribution < 1.29 is 23.8 Å². The number of nitrogens with zero attached hydrogens (tertiary/aromatic N) is 2. The third kappa shape index (κ3) is 4.17. The minimum atomic E-state index is -0.307. The van der Waals surface area contributed by atoms with Gasteiger partial charge in [-0.05, 0) is 12.1 Å².